The quantitative estimate of drug-likeness (QED) is 0.434. The van der Waals surface area contributed by atoms with E-state index >= 15 is 0 Å². The van der Waals surface area contributed by atoms with E-state index in [4.69, 9.17) is 4.74 Å². The van der Waals surface area contributed by atoms with Crippen molar-refractivity contribution in [2.24, 2.45) is 4.99 Å². The van der Waals surface area contributed by atoms with Crippen LogP contribution in [-0.2, 0) is 17.8 Å². The molecule has 0 fully saturated rings. The zero-order valence-electron chi connectivity index (χ0n) is 14.0. The molecule has 2 N–H and O–H groups in total. The van der Waals surface area contributed by atoms with Gasteiger partial charge < -0.3 is 15.4 Å². The first-order valence-corrected chi connectivity index (χ1v) is 7.60. The Morgan fingerprint density at radius 3 is 2.71 bits per heavy atom. The van der Waals surface area contributed by atoms with E-state index in [0.29, 0.717) is 6.61 Å². The predicted molar refractivity (Wildman–Crippen MR) is 86.7 cm³/mol. The molecule has 0 aliphatic heterocycles. The molecule has 6 heteroatoms. The molecule has 0 saturated carbocycles. The third-order valence-electron chi connectivity index (χ3n) is 3.52. The Kier molecular flexibility index (Phi) is 7.82. The van der Waals surface area contributed by atoms with Gasteiger partial charge in [0.1, 0.15) is 0 Å². The summed E-state index contributed by atoms with van der Waals surface area (Å²) in [4.78, 5) is 4.24. The van der Waals surface area contributed by atoms with E-state index in [-0.39, 0.29) is 0 Å². The van der Waals surface area contributed by atoms with Crippen LogP contribution in [0.5, 0.6) is 0 Å². The number of unbranched alkanes of at least 4 members (excludes halogenated alkanes) is 1. The molecule has 0 aliphatic rings. The largest absolute Gasteiger partial charge is 0.383 e. The molecule has 0 aromatic carbocycles. The van der Waals surface area contributed by atoms with Crippen LogP contribution in [0.2, 0.25) is 0 Å². The molecule has 21 heavy (non-hydrogen) atoms. The van der Waals surface area contributed by atoms with Crippen molar-refractivity contribution in [2.75, 3.05) is 27.3 Å². The van der Waals surface area contributed by atoms with Gasteiger partial charge in [-0.05, 0) is 20.3 Å². The highest BCUT2D eigenvalue weighted by Gasteiger charge is 2.11. The molecule has 0 amide bonds. The summed E-state index contributed by atoms with van der Waals surface area (Å²) < 4.78 is 7.12. The summed E-state index contributed by atoms with van der Waals surface area (Å²) >= 11 is 0. The number of rotatable bonds is 8. The van der Waals surface area contributed by atoms with Gasteiger partial charge in [0.2, 0.25) is 0 Å². The van der Waals surface area contributed by atoms with Crippen LogP contribution in [0.4, 0.5) is 0 Å². The lowest BCUT2D eigenvalue weighted by Gasteiger charge is -2.12. The van der Waals surface area contributed by atoms with Gasteiger partial charge >= 0.3 is 0 Å². The number of hydrogen-bond donors (Lipinski definition) is 2. The SMILES string of the molecule is CCCCNC(=NC)NCc1c(C)nn(CCOC)c1C. The van der Waals surface area contributed by atoms with Gasteiger partial charge in [-0.1, -0.05) is 13.3 Å². The summed E-state index contributed by atoms with van der Waals surface area (Å²) in [5.41, 5.74) is 3.46. The highest BCUT2D eigenvalue weighted by molar-refractivity contribution is 5.79. The molecule has 0 unspecified atom stereocenters. The Morgan fingerprint density at radius 2 is 2.10 bits per heavy atom. The van der Waals surface area contributed by atoms with Gasteiger partial charge in [-0.25, -0.2) is 0 Å². The lowest BCUT2D eigenvalue weighted by atomic mass is 10.2. The molecule has 0 saturated heterocycles. The van der Waals surface area contributed by atoms with Gasteiger partial charge in [0.25, 0.3) is 0 Å². The van der Waals surface area contributed by atoms with Crippen molar-refractivity contribution in [1.82, 2.24) is 20.4 Å². The smallest absolute Gasteiger partial charge is 0.191 e. The maximum absolute atomic E-state index is 5.11. The summed E-state index contributed by atoms with van der Waals surface area (Å²) in [6.45, 7) is 9.46. The summed E-state index contributed by atoms with van der Waals surface area (Å²) in [5, 5.41) is 11.2. The lowest BCUT2D eigenvalue weighted by molar-refractivity contribution is 0.182. The fraction of sp³-hybridized carbons (Fsp3) is 0.733. The van der Waals surface area contributed by atoms with Crippen LogP contribution in [0.15, 0.2) is 4.99 Å². The van der Waals surface area contributed by atoms with Gasteiger partial charge in [0.15, 0.2) is 5.96 Å². The number of ether oxygens (including phenoxy) is 1. The number of nitrogens with one attached hydrogen (secondary N) is 2. The van der Waals surface area contributed by atoms with E-state index in [0.717, 1.165) is 37.7 Å². The third-order valence-corrected chi connectivity index (χ3v) is 3.52. The lowest BCUT2D eigenvalue weighted by Crippen LogP contribution is -2.37. The highest BCUT2D eigenvalue weighted by atomic mass is 16.5. The van der Waals surface area contributed by atoms with Crippen molar-refractivity contribution in [3.8, 4) is 0 Å². The van der Waals surface area contributed by atoms with Crippen LogP contribution in [0.25, 0.3) is 0 Å². The first-order valence-electron chi connectivity index (χ1n) is 7.60. The van der Waals surface area contributed by atoms with E-state index in [1.165, 1.54) is 17.7 Å². The van der Waals surface area contributed by atoms with Crippen molar-refractivity contribution in [2.45, 2.75) is 46.7 Å². The molecule has 1 aromatic rings. The monoisotopic (exact) mass is 295 g/mol. The van der Waals surface area contributed by atoms with Crippen LogP contribution < -0.4 is 10.6 Å². The predicted octanol–water partition coefficient (Wildman–Crippen LogP) is 1.61. The van der Waals surface area contributed by atoms with Gasteiger partial charge in [0, 0.05) is 38.5 Å². The van der Waals surface area contributed by atoms with E-state index in [2.05, 4.69) is 34.6 Å². The fourth-order valence-electron chi connectivity index (χ4n) is 2.16. The number of aryl methyl sites for hydroxylation is 1. The van der Waals surface area contributed by atoms with Crippen molar-refractivity contribution < 1.29 is 4.74 Å². The summed E-state index contributed by atoms with van der Waals surface area (Å²) in [6.07, 6.45) is 2.32. The Balaban J connectivity index is 2.59. The molecule has 0 spiro atoms. The normalized spacial score (nSPS) is 11.8. The van der Waals surface area contributed by atoms with Crippen LogP contribution in [-0.4, -0.2) is 43.0 Å². The molecule has 6 nitrogen and oxygen atoms in total. The number of aromatic nitrogens is 2. The topological polar surface area (TPSA) is 63.5 Å². The summed E-state index contributed by atoms with van der Waals surface area (Å²) in [5.74, 6) is 0.840. The van der Waals surface area contributed by atoms with Gasteiger partial charge in [-0.2, -0.15) is 5.10 Å². The first-order chi connectivity index (χ1) is 10.1. The molecule has 0 bridgehead atoms. The number of aliphatic imine (C=N–C) groups is 1. The van der Waals surface area contributed by atoms with E-state index < -0.39 is 0 Å². The highest BCUT2D eigenvalue weighted by Crippen LogP contribution is 2.12. The van der Waals surface area contributed by atoms with Crippen molar-refractivity contribution >= 4 is 5.96 Å². The van der Waals surface area contributed by atoms with Crippen LogP contribution >= 0.6 is 0 Å². The summed E-state index contributed by atoms with van der Waals surface area (Å²) in [7, 11) is 3.50. The van der Waals surface area contributed by atoms with Crippen molar-refractivity contribution in [3.05, 3.63) is 17.0 Å². The number of hydrogen-bond acceptors (Lipinski definition) is 3. The number of nitrogens with zero attached hydrogens (tertiary/aromatic N) is 3. The van der Waals surface area contributed by atoms with E-state index in [9.17, 15) is 0 Å². The zero-order valence-corrected chi connectivity index (χ0v) is 14.0. The minimum atomic E-state index is 0.676. The second-order valence-corrected chi connectivity index (χ2v) is 5.07. The molecule has 0 aliphatic carbocycles. The molecule has 0 radical (unpaired) electrons. The molecule has 0 atom stereocenters. The van der Waals surface area contributed by atoms with Crippen LogP contribution in [0.1, 0.15) is 36.7 Å². The van der Waals surface area contributed by atoms with Crippen molar-refractivity contribution in [3.63, 3.8) is 0 Å². The van der Waals surface area contributed by atoms with Crippen molar-refractivity contribution in [1.29, 1.82) is 0 Å². The van der Waals surface area contributed by atoms with Gasteiger partial charge in [0.05, 0.1) is 18.8 Å². The first kappa shape index (κ1) is 17.5. The second-order valence-electron chi connectivity index (χ2n) is 5.07. The minimum absolute atomic E-state index is 0.676. The Bertz CT molecular complexity index is 453. The minimum Gasteiger partial charge on any atom is -0.383 e. The Labute approximate surface area is 128 Å². The average Bonchev–Trinajstić information content (AvgIpc) is 2.75. The van der Waals surface area contributed by atoms with Gasteiger partial charge in [-0.15, -0.1) is 0 Å². The molecule has 1 aromatic heterocycles. The molecule has 1 rings (SSSR count). The summed E-state index contributed by atoms with van der Waals surface area (Å²) in [6, 6.07) is 0. The Hall–Kier alpha value is -1.56. The third kappa shape index (κ3) is 5.38. The molecular weight excluding hydrogens is 266 g/mol. The van der Waals surface area contributed by atoms with Gasteiger partial charge in [-0.3, -0.25) is 9.67 Å². The standard InChI is InChI=1S/C15H29N5O/c1-6-7-8-17-15(16-4)18-11-14-12(2)19-20(13(14)3)9-10-21-5/h6-11H2,1-5H3,(H2,16,17,18). The fourth-order valence-corrected chi connectivity index (χ4v) is 2.16. The zero-order chi connectivity index (χ0) is 15.7. The molecular formula is C15H29N5O. The van der Waals surface area contributed by atoms with Crippen LogP contribution in [0, 0.1) is 13.8 Å². The van der Waals surface area contributed by atoms with Crippen LogP contribution in [0.3, 0.4) is 0 Å². The average molecular weight is 295 g/mol. The van der Waals surface area contributed by atoms with E-state index in [1.54, 1.807) is 14.2 Å². The van der Waals surface area contributed by atoms with E-state index in [1.807, 2.05) is 11.6 Å². The molecule has 1 heterocycles. The number of methoxy groups -OCH3 is 1. The second kappa shape index (κ2) is 9.39. The maximum Gasteiger partial charge on any atom is 0.191 e. The number of guanidine groups is 1. The Morgan fingerprint density at radius 1 is 1.33 bits per heavy atom. The maximum atomic E-state index is 5.11. The molecule has 120 valence electrons.